The van der Waals surface area contributed by atoms with Gasteiger partial charge in [0.15, 0.2) is 0 Å². The van der Waals surface area contributed by atoms with Gasteiger partial charge in [0.25, 0.3) is 0 Å². The van der Waals surface area contributed by atoms with Crippen LogP contribution < -0.4 is 9.47 Å². The van der Waals surface area contributed by atoms with Crippen molar-refractivity contribution in [1.29, 1.82) is 0 Å². The molecule has 0 bridgehead atoms. The van der Waals surface area contributed by atoms with E-state index in [1.165, 1.54) is 24.3 Å². The summed E-state index contributed by atoms with van der Waals surface area (Å²) in [6.45, 7) is 0. The Bertz CT molecular complexity index is 874. The SMILES string of the molecule is O=C(Oc1ccccc1Br)c1ccc(C(=O)Oc2ccccc2Br)cc1. The lowest BCUT2D eigenvalue weighted by Gasteiger charge is -2.08. The first-order valence-electron chi connectivity index (χ1n) is 7.58. The van der Waals surface area contributed by atoms with Gasteiger partial charge in [0.05, 0.1) is 20.1 Å². The van der Waals surface area contributed by atoms with Crippen molar-refractivity contribution in [2.75, 3.05) is 0 Å². The van der Waals surface area contributed by atoms with Crippen molar-refractivity contribution >= 4 is 43.8 Å². The first kappa shape index (κ1) is 18.4. The molecule has 0 fully saturated rings. The fourth-order valence-electron chi connectivity index (χ4n) is 2.11. The summed E-state index contributed by atoms with van der Waals surface area (Å²) in [6.07, 6.45) is 0. The van der Waals surface area contributed by atoms with E-state index in [-0.39, 0.29) is 0 Å². The number of para-hydroxylation sites is 2. The molecule has 0 unspecified atom stereocenters. The van der Waals surface area contributed by atoms with Crippen molar-refractivity contribution in [2.45, 2.75) is 0 Å². The highest BCUT2D eigenvalue weighted by molar-refractivity contribution is 9.10. The second-order valence-electron chi connectivity index (χ2n) is 5.22. The number of carbonyl (C=O) groups is 2. The minimum atomic E-state index is -0.511. The minimum absolute atomic E-state index is 0.332. The molecule has 0 heterocycles. The summed E-state index contributed by atoms with van der Waals surface area (Å²) in [5.41, 5.74) is 0.663. The monoisotopic (exact) mass is 474 g/mol. The standard InChI is InChI=1S/C20H12Br2O4/c21-15-5-1-3-7-17(15)25-19(23)13-9-11-14(12-10-13)20(24)26-18-8-4-2-6-16(18)22/h1-12H. The van der Waals surface area contributed by atoms with Gasteiger partial charge in [-0.1, -0.05) is 24.3 Å². The predicted octanol–water partition coefficient (Wildman–Crippen LogP) is 5.65. The van der Waals surface area contributed by atoms with Gasteiger partial charge >= 0.3 is 11.9 Å². The van der Waals surface area contributed by atoms with Crippen LogP contribution in [0.25, 0.3) is 0 Å². The molecule has 130 valence electrons. The Morgan fingerprint density at radius 3 is 1.27 bits per heavy atom. The first-order chi connectivity index (χ1) is 12.5. The molecule has 0 spiro atoms. The lowest BCUT2D eigenvalue weighted by atomic mass is 10.1. The van der Waals surface area contributed by atoms with Gasteiger partial charge in [-0.2, -0.15) is 0 Å². The maximum absolute atomic E-state index is 12.2. The van der Waals surface area contributed by atoms with Crippen molar-refractivity contribution in [1.82, 2.24) is 0 Å². The highest BCUT2D eigenvalue weighted by atomic mass is 79.9. The zero-order chi connectivity index (χ0) is 18.5. The van der Waals surface area contributed by atoms with Crippen LogP contribution in [-0.4, -0.2) is 11.9 Å². The number of halogens is 2. The van der Waals surface area contributed by atoms with Gasteiger partial charge < -0.3 is 9.47 Å². The van der Waals surface area contributed by atoms with Crippen molar-refractivity contribution in [3.8, 4) is 11.5 Å². The molecular weight excluding hydrogens is 464 g/mol. The molecule has 3 rings (SSSR count). The highest BCUT2D eigenvalue weighted by Crippen LogP contribution is 2.26. The average Bonchev–Trinajstić information content (AvgIpc) is 2.65. The molecule has 0 N–H and O–H groups in total. The molecule has 0 saturated carbocycles. The molecule has 3 aromatic carbocycles. The minimum Gasteiger partial charge on any atom is -0.422 e. The maximum Gasteiger partial charge on any atom is 0.343 e. The Morgan fingerprint density at radius 1 is 0.577 bits per heavy atom. The van der Waals surface area contributed by atoms with Gasteiger partial charge in [0.2, 0.25) is 0 Å². The van der Waals surface area contributed by atoms with E-state index in [4.69, 9.17) is 9.47 Å². The van der Waals surface area contributed by atoms with Gasteiger partial charge in [-0.05, 0) is 80.4 Å². The second-order valence-corrected chi connectivity index (χ2v) is 6.93. The summed E-state index contributed by atoms with van der Waals surface area (Å²) in [4.78, 5) is 24.4. The molecule has 0 amide bonds. The Kier molecular flexibility index (Phi) is 5.85. The fraction of sp³-hybridized carbons (Fsp3) is 0. The van der Waals surface area contributed by atoms with Crippen LogP contribution >= 0.6 is 31.9 Å². The molecule has 0 radical (unpaired) electrons. The Hall–Kier alpha value is -2.44. The number of hydrogen-bond donors (Lipinski definition) is 0. The smallest absolute Gasteiger partial charge is 0.343 e. The molecule has 0 aliphatic carbocycles. The molecule has 0 aromatic heterocycles. The largest absolute Gasteiger partial charge is 0.422 e. The topological polar surface area (TPSA) is 52.6 Å². The number of ether oxygens (including phenoxy) is 2. The van der Waals surface area contributed by atoms with Crippen LogP contribution in [0, 0.1) is 0 Å². The van der Waals surface area contributed by atoms with Gasteiger partial charge in [0.1, 0.15) is 11.5 Å². The summed E-state index contributed by atoms with van der Waals surface area (Å²) >= 11 is 6.65. The lowest BCUT2D eigenvalue weighted by Crippen LogP contribution is -2.11. The third-order valence-corrected chi connectivity index (χ3v) is 4.75. The normalized spacial score (nSPS) is 10.2. The van der Waals surface area contributed by atoms with Crippen LogP contribution in [0.2, 0.25) is 0 Å². The van der Waals surface area contributed by atoms with E-state index >= 15 is 0 Å². The Balaban J connectivity index is 1.70. The van der Waals surface area contributed by atoms with Crippen LogP contribution in [-0.2, 0) is 0 Å². The van der Waals surface area contributed by atoms with E-state index in [0.717, 1.165) is 0 Å². The number of esters is 2. The van der Waals surface area contributed by atoms with Gasteiger partial charge in [-0.3, -0.25) is 0 Å². The average molecular weight is 476 g/mol. The number of rotatable bonds is 4. The zero-order valence-corrected chi connectivity index (χ0v) is 16.5. The van der Waals surface area contributed by atoms with E-state index in [0.29, 0.717) is 31.6 Å². The third-order valence-electron chi connectivity index (χ3n) is 3.43. The van der Waals surface area contributed by atoms with Gasteiger partial charge in [0, 0.05) is 0 Å². The van der Waals surface area contributed by atoms with Crippen molar-refractivity contribution in [3.63, 3.8) is 0 Å². The van der Waals surface area contributed by atoms with E-state index in [1.54, 1.807) is 36.4 Å². The summed E-state index contributed by atoms with van der Waals surface area (Å²) in [5, 5.41) is 0. The number of hydrogen-bond acceptors (Lipinski definition) is 4. The molecular formula is C20H12Br2O4. The van der Waals surface area contributed by atoms with Crippen LogP contribution in [0.5, 0.6) is 11.5 Å². The van der Waals surface area contributed by atoms with Gasteiger partial charge in [-0.15, -0.1) is 0 Å². The van der Waals surface area contributed by atoms with E-state index in [2.05, 4.69) is 31.9 Å². The van der Waals surface area contributed by atoms with Gasteiger partial charge in [-0.25, -0.2) is 9.59 Å². The van der Waals surface area contributed by atoms with E-state index in [1.807, 2.05) is 12.1 Å². The molecule has 3 aromatic rings. The molecule has 0 atom stereocenters. The van der Waals surface area contributed by atoms with Crippen LogP contribution in [0.1, 0.15) is 20.7 Å². The van der Waals surface area contributed by atoms with Crippen LogP contribution in [0.3, 0.4) is 0 Å². The fourth-order valence-corrected chi connectivity index (χ4v) is 2.85. The van der Waals surface area contributed by atoms with Crippen molar-refractivity contribution in [2.24, 2.45) is 0 Å². The number of carbonyl (C=O) groups excluding carboxylic acids is 2. The quantitative estimate of drug-likeness (QED) is 0.361. The Morgan fingerprint density at radius 2 is 0.923 bits per heavy atom. The first-order valence-corrected chi connectivity index (χ1v) is 9.16. The van der Waals surface area contributed by atoms with Crippen LogP contribution in [0.15, 0.2) is 81.7 Å². The Labute approximate surface area is 167 Å². The molecule has 0 saturated heterocycles. The van der Waals surface area contributed by atoms with E-state index in [9.17, 15) is 9.59 Å². The molecule has 4 nitrogen and oxygen atoms in total. The number of benzene rings is 3. The summed E-state index contributed by atoms with van der Waals surface area (Å²) in [6, 6.07) is 20.2. The molecule has 0 aliphatic heterocycles. The highest BCUT2D eigenvalue weighted by Gasteiger charge is 2.14. The predicted molar refractivity (Wildman–Crippen MR) is 105 cm³/mol. The second kappa shape index (κ2) is 8.29. The summed E-state index contributed by atoms with van der Waals surface area (Å²) < 4.78 is 12.0. The third kappa shape index (κ3) is 4.39. The maximum atomic E-state index is 12.2. The molecule has 6 heteroatoms. The summed E-state index contributed by atoms with van der Waals surface area (Å²) in [7, 11) is 0. The van der Waals surface area contributed by atoms with E-state index < -0.39 is 11.9 Å². The molecule has 0 aliphatic rings. The zero-order valence-electron chi connectivity index (χ0n) is 13.3. The molecule has 26 heavy (non-hydrogen) atoms. The summed E-state index contributed by atoms with van der Waals surface area (Å²) in [5.74, 6) is -0.171. The van der Waals surface area contributed by atoms with Crippen molar-refractivity contribution < 1.29 is 19.1 Å². The van der Waals surface area contributed by atoms with Crippen molar-refractivity contribution in [3.05, 3.63) is 92.9 Å². The van der Waals surface area contributed by atoms with Crippen LogP contribution in [0.4, 0.5) is 0 Å². The lowest BCUT2D eigenvalue weighted by molar-refractivity contribution is 0.0719.